The van der Waals surface area contributed by atoms with Gasteiger partial charge in [0.25, 0.3) is 0 Å². The lowest BCUT2D eigenvalue weighted by Crippen LogP contribution is -2.51. The molecule has 0 heterocycles. The Labute approximate surface area is 231 Å². The molecular formula is C33H48O4Si. The van der Waals surface area contributed by atoms with Crippen LogP contribution in [-0.2, 0) is 20.5 Å². The Bertz CT molecular complexity index is 1100. The summed E-state index contributed by atoms with van der Waals surface area (Å²) >= 11 is 0. The van der Waals surface area contributed by atoms with Gasteiger partial charge in [-0.15, -0.1) is 0 Å². The van der Waals surface area contributed by atoms with Crippen LogP contribution in [0.4, 0.5) is 4.79 Å². The van der Waals surface area contributed by atoms with Crippen LogP contribution in [0.1, 0.15) is 85.1 Å². The van der Waals surface area contributed by atoms with Crippen molar-refractivity contribution in [2.45, 2.75) is 110 Å². The van der Waals surface area contributed by atoms with E-state index in [9.17, 15) is 4.79 Å². The number of allylic oxidation sites excluding steroid dienone is 3. The fraction of sp³-hybridized carbons (Fsp3) is 0.667. The Hall–Kier alpha value is -1.85. The first-order valence-corrected chi connectivity index (χ1v) is 17.7. The van der Waals surface area contributed by atoms with E-state index in [4.69, 9.17) is 13.9 Å². The highest BCUT2D eigenvalue weighted by Gasteiger charge is 2.58. The highest BCUT2D eigenvalue weighted by Crippen LogP contribution is 2.65. The fourth-order valence-corrected chi connectivity index (χ4v) is 9.23. The zero-order valence-corrected chi connectivity index (χ0v) is 25.6. The van der Waals surface area contributed by atoms with Crippen molar-refractivity contribution in [1.82, 2.24) is 0 Å². The lowest BCUT2D eigenvalue weighted by atomic mass is 9.48. The molecule has 4 nitrogen and oxygen atoms in total. The molecule has 0 bridgehead atoms. The van der Waals surface area contributed by atoms with Crippen LogP contribution < -0.4 is 0 Å². The van der Waals surface area contributed by atoms with Gasteiger partial charge in [0.15, 0.2) is 8.32 Å². The molecule has 2 fully saturated rings. The summed E-state index contributed by atoms with van der Waals surface area (Å²) in [5.41, 5.74) is 2.81. The number of ether oxygens (including phenoxy) is 2. The normalized spacial score (nSPS) is 34.8. The van der Waals surface area contributed by atoms with Gasteiger partial charge < -0.3 is 13.9 Å². The highest BCUT2D eigenvalue weighted by molar-refractivity contribution is 6.74. The first kappa shape index (κ1) is 27.7. The Kier molecular flexibility index (Phi) is 7.26. The van der Waals surface area contributed by atoms with Gasteiger partial charge in [0, 0.05) is 11.5 Å². The smallest absolute Gasteiger partial charge is 0.429 e. The zero-order chi connectivity index (χ0) is 27.3. The molecule has 0 saturated heterocycles. The third-order valence-electron chi connectivity index (χ3n) is 11.2. The van der Waals surface area contributed by atoms with Gasteiger partial charge >= 0.3 is 6.16 Å². The highest BCUT2D eigenvalue weighted by atomic mass is 28.4. The summed E-state index contributed by atoms with van der Waals surface area (Å²) in [4.78, 5) is 12.6. The van der Waals surface area contributed by atoms with E-state index in [1.807, 2.05) is 30.3 Å². The maximum absolute atomic E-state index is 12.6. The van der Waals surface area contributed by atoms with Crippen molar-refractivity contribution in [2.24, 2.45) is 28.6 Å². The molecule has 0 amide bonds. The number of carbonyl (C=O) groups is 1. The molecule has 5 heteroatoms. The van der Waals surface area contributed by atoms with Gasteiger partial charge in [-0.3, -0.25) is 0 Å². The third-order valence-corrected chi connectivity index (χ3v) is 15.8. The molecule has 0 radical (unpaired) electrons. The largest absolute Gasteiger partial charge is 0.513 e. The van der Waals surface area contributed by atoms with Crippen LogP contribution in [0.5, 0.6) is 0 Å². The van der Waals surface area contributed by atoms with Crippen LogP contribution in [0.15, 0.2) is 53.8 Å². The van der Waals surface area contributed by atoms with Crippen molar-refractivity contribution in [3.63, 3.8) is 0 Å². The average Bonchev–Trinajstić information content (AvgIpc) is 3.19. The van der Waals surface area contributed by atoms with Crippen LogP contribution in [0, 0.1) is 28.6 Å². The summed E-state index contributed by atoms with van der Waals surface area (Å²) < 4.78 is 18.2. The predicted molar refractivity (Wildman–Crippen MR) is 155 cm³/mol. The summed E-state index contributed by atoms with van der Waals surface area (Å²) in [6.07, 6.45) is 12.5. The van der Waals surface area contributed by atoms with E-state index < -0.39 is 14.5 Å². The molecule has 1 aromatic rings. The monoisotopic (exact) mass is 536 g/mol. The molecule has 0 N–H and O–H groups in total. The molecule has 2 saturated carbocycles. The Balaban J connectivity index is 1.24. The predicted octanol–water partition coefficient (Wildman–Crippen LogP) is 9.19. The van der Waals surface area contributed by atoms with Gasteiger partial charge in [-0.05, 0) is 97.9 Å². The number of rotatable bonds is 5. The van der Waals surface area contributed by atoms with E-state index in [1.54, 1.807) is 5.57 Å². The molecule has 5 rings (SSSR count). The van der Waals surface area contributed by atoms with Crippen molar-refractivity contribution >= 4 is 14.5 Å². The summed E-state index contributed by atoms with van der Waals surface area (Å²) in [6.45, 7) is 16.9. The van der Waals surface area contributed by atoms with Crippen LogP contribution in [0.3, 0.4) is 0 Å². The van der Waals surface area contributed by atoms with Crippen LogP contribution in [-0.4, -0.2) is 20.6 Å². The minimum Gasteiger partial charge on any atom is -0.429 e. The lowest BCUT2D eigenvalue weighted by molar-refractivity contribution is -0.0434. The van der Waals surface area contributed by atoms with Crippen LogP contribution >= 0.6 is 0 Å². The van der Waals surface area contributed by atoms with E-state index >= 15 is 0 Å². The van der Waals surface area contributed by atoms with E-state index in [-0.39, 0.29) is 22.5 Å². The summed E-state index contributed by atoms with van der Waals surface area (Å²) in [6, 6.07) is 9.78. The molecule has 0 aliphatic heterocycles. The van der Waals surface area contributed by atoms with Gasteiger partial charge in [0.2, 0.25) is 0 Å². The SMILES string of the molecule is CC(C)(C)[Si](C)(C)O[C@H]1CC[C@@]2(C)C(=CC[C@@H]3[C@@H]2CC[C@]2(C)C(OC(=O)OCc4ccccc4)=CC[C@@H]32)C1. The summed E-state index contributed by atoms with van der Waals surface area (Å²) in [7, 11) is -1.77. The van der Waals surface area contributed by atoms with Crippen molar-refractivity contribution in [1.29, 1.82) is 0 Å². The maximum Gasteiger partial charge on any atom is 0.513 e. The Morgan fingerprint density at radius 3 is 2.39 bits per heavy atom. The maximum atomic E-state index is 12.6. The third kappa shape index (κ3) is 4.94. The van der Waals surface area contributed by atoms with E-state index in [2.05, 4.69) is 59.9 Å². The second-order valence-corrected chi connectivity index (χ2v) is 19.1. The molecule has 0 unspecified atom stereocenters. The molecule has 4 aliphatic carbocycles. The standard InChI is InChI=1S/C33H48O4Si/c1-31(2,3)38(6,7)37-25-17-19-32(4)24(21-25)13-14-26-27-15-16-29(33(27,5)20-18-28(26)32)36-30(34)35-22-23-11-9-8-10-12-23/h8-13,16,25-28H,14-15,17-22H2,1-7H3/t25-,26-,27-,28-,32-,33-/m0/s1. The average molecular weight is 537 g/mol. The first-order chi connectivity index (χ1) is 17.8. The molecule has 38 heavy (non-hydrogen) atoms. The minimum atomic E-state index is -1.77. The topological polar surface area (TPSA) is 44.8 Å². The number of carbonyl (C=O) groups excluding carboxylic acids is 1. The van der Waals surface area contributed by atoms with Crippen molar-refractivity contribution in [3.05, 3.63) is 59.4 Å². The molecule has 4 aliphatic rings. The van der Waals surface area contributed by atoms with Crippen LogP contribution in [0.2, 0.25) is 18.1 Å². The second kappa shape index (κ2) is 9.96. The Morgan fingerprint density at radius 1 is 0.974 bits per heavy atom. The molecule has 6 atom stereocenters. The molecule has 0 spiro atoms. The van der Waals surface area contributed by atoms with E-state index in [1.165, 1.54) is 19.3 Å². The molecular weight excluding hydrogens is 488 g/mol. The number of hydrogen-bond donors (Lipinski definition) is 0. The first-order valence-electron chi connectivity index (χ1n) is 14.8. The number of hydrogen-bond acceptors (Lipinski definition) is 4. The van der Waals surface area contributed by atoms with Crippen molar-refractivity contribution in [2.75, 3.05) is 0 Å². The van der Waals surface area contributed by atoms with E-state index in [0.29, 0.717) is 23.9 Å². The molecule has 0 aromatic heterocycles. The van der Waals surface area contributed by atoms with Crippen molar-refractivity contribution in [3.8, 4) is 0 Å². The van der Waals surface area contributed by atoms with E-state index in [0.717, 1.165) is 37.0 Å². The lowest BCUT2D eigenvalue weighted by Gasteiger charge is -2.58. The zero-order valence-electron chi connectivity index (χ0n) is 24.6. The number of benzene rings is 1. The molecule has 1 aromatic carbocycles. The molecule has 208 valence electrons. The number of fused-ring (bicyclic) bond motifs is 5. The minimum absolute atomic E-state index is 0.0860. The van der Waals surface area contributed by atoms with Crippen LogP contribution in [0.25, 0.3) is 0 Å². The quantitative estimate of drug-likeness (QED) is 0.214. The van der Waals surface area contributed by atoms with Gasteiger partial charge in [0.1, 0.15) is 12.4 Å². The summed E-state index contributed by atoms with van der Waals surface area (Å²) in [5.74, 6) is 2.70. The Morgan fingerprint density at radius 2 is 1.68 bits per heavy atom. The van der Waals surface area contributed by atoms with Gasteiger partial charge in [-0.1, -0.05) is 76.6 Å². The van der Waals surface area contributed by atoms with Crippen molar-refractivity contribution < 1.29 is 18.7 Å². The van der Waals surface area contributed by atoms with Gasteiger partial charge in [-0.25, -0.2) is 4.79 Å². The summed E-state index contributed by atoms with van der Waals surface area (Å²) in [5, 5.41) is 0.247. The second-order valence-electron chi connectivity index (χ2n) is 14.4. The fourth-order valence-electron chi connectivity index (χ4n) is 7.84. The van der Waals surface area contributed by atoms with Gasteiger partial charge in [-0.2, -0.15) is 0 Å². The van der Waals surface area contributed by atoms with Gasteiger partial charge in [0.05, 0.1) is 0 Å².